The Balaban J connectivity index is 2.03. The molecule has 3 rings (SSSR count). The number of nitrogens with zero attached hydrogens (tertiary/aromatic N) is 2. The molecule has 2 aromatic rings. The molecule has 2 N–H and O–H groups in total. The quantitative estimate of drug-likeness (QED) is 0.780. The summed E-state index contributed by atoms with van der Waals surface area (Å²) < 4.78 is 2.21. The van der Waals surface area contributed by atoms with Gasteiger partial charge in [0.1, 0.15) is 5.69 Å². The lowest BCUT2D eigenvalue weighted by atomic mass is 10.1. The molecule has 6 heteroatoms. The van der Waals surface area contributed by atoms with E-state index < -0.39 is 0 Å². The SMILES string of the molecule is Cn1cccc(-c2ccc(NCC3CC3)c(N=N)c2Br)c1=O. The fourth-order valence-corrected chi connectivity index (χ4v) is 3.05. The first kappa shape index (κ1) is 15.0. The first-order valence-electron chi connectivity index (χ1n) is 7.21. The van der Waals surface area contributed by atoms with Gasteiger partial charge in [-0.05, 0) is 52.9 Å². The number of benzene rings is 1. The van der Waals surface area contributed by atoms with Gasteiger partial charge in [-0.25, -0.2) is 5.53 Å². The molecule has 1 saturated carbocycles. The average molecular weight is 361 g/mol. The van der Waals surface area contributed by atoms with Crippen LogP contribution in [0.15, 0.2) is 44.8 Å². The van der Waals surface area contributed by atoms with Crippen molar-refractivity contribution in [3.8, 4) is 11.1 Å². The van der Waals surface area contributed by atoms with Gasteiger partial charge in [-0.15, -0.1) is 0 Å². The van der Waals surface area contributed by atoms with E-state index in [4.69, 9.17) is 5.53 Å². The van der Waals surface area contributed by atoms with Gasteiger partial charge in [0, 0.05) is 30.9 Å². The van der Waals surface area contributed by atoms with Crippen molar-refractivity contribution < 1.29 is 0 Å². The maximum absolute atomic E-state index is 12.3. The predicted molar refractivity (Wildman–Crippen MR) is 90.8 cm³/mol. The van der Waals surface area contributed by atoms with E-state index >= 15 is 0 Å². The summed E-state index contributed by atoms with van der Waals surface area (Å²) in [6.45, 7) is 0.904. The van der Waals surface area contributed by atoms with Gasteiger partial charge >= 0.3 is 0 Å². The average Bonchev–Trinajstić information content (AvgIpc) is 3.33. The highest BCUT2D eigenvalue weighted by molar-refractivity contribution is 9.10. The molecule has 0 aliphatic heterocycles. The third kappa shape index (κ3) is 2.83. The van der Waals surface area contributed by atoms with Crippen LogP contribution in [-0.2, 0) is 7.05 Å². The molecule has 0 saturated heterocycles. The van der Waals surface area contributed by atoms with Gasteiger partial charge in [0.15, 0.2) is 0 Å². The number of rotatable bonds is 5. The zero-order valence-corrected chi connectivity index (χ0v) is 13.9. The largest absolute Gasteiger partial charge is 0.383 e. The van der Waals surface area contributed by atoms with Gasteiger partial charge in [0.05, 0.1) is 10.2 Å². The minimum Gasteiger partial charge on any atom is -0.383 e. The molecule has 1 fully saturated rings. The Kier molecular flexibility index (Phi) is 4.11. The number of nitrogens with one attached hydrogen (secondary N) is 2. The van der Waals surface area contributed by atoms with Crippen LogP contribution in [0.3, 0.4) is 0 Å². The molecule has 0 amide bonds. The Morgan fingerprint density at radius 2 is 2.14 bits per heavy atom. The molecule has 0 unspecified atom stereocenters. The molecule has 114 valence electrons. The van der Waals surface area contributed by atoms with Gasteiger partial charge in [0.25, 0.3) is 5.56 Å². The van der Waals surface area contributed by atoms with Crippen molar-refractivity contribution in [2.45, 2.75) is 12.8 Å². The molecule has 0 radical (unpaired) electrons. The molecule has 1 aliphatic carbocycles. The summed E-state index contributed by atoms with van der Waals surface area (Å²) in [4.78, 5) is 12.3. The van der Waals surface area contributed by atoms with Crippen molar-refractivity contribution in [1.29, 1.82) is 5.53 Å². The van der Waals surface area contributed by atoms with Crippen LogP contribution < -0.4 is 10.9 Å². The summed E-state index contributed by atoms with van der Waals surface area (Å²) in [6.07, 6.45) is 4.25. The van der Waals surface area contributed by atoms with Crippen LogP contribution in [0.4, 0.5) is 11.4 Å². The standard InChI is InChI=1S/C16H17BrN4O/c1-21-8-2-3-12(16(21)22)11-6-7-13(15(20-18)14(11)17)19-9-10-4-5-10/h2-3,6-8,10,18-19H,4-5,9H2,1H3. The van der Waals surface area contributed by atoms with Crippen molar-refractivity contribution in [1.82, 2.24) is 4.57 Å². The van der Waals surface area contributed by atoms with E-state index in [1.54, 1.807) is 23.9 Å². The predicted octanol–water partition coefficient (Wildman–Crippen LogP) is 4.30. The summed E-state index contributed by atoms with van der Waals surface area (Å²) in [5.41, 5.74) is 10.1. The summed E-state index contributed by atoms with van der Waals surface area (Å²) in [7, 11) is 1.72. The van der Waals surface area contributed by atoms with Crippen molar-refractivity contribution in [3.63, 3.8) is 0 Å². The first-order valence-corrected chi connectivity index (χ1v) is 8.01. The van der Waals surface area contributed by atoms with E-state index in [0.717, 1.165) is 23.7 Å². The third-order valence-corrected chi connectivity index (χ3v) is 4.72. The second kappa shape index (κ2) is 6.04. The van der Waals surface area contributed by atoms with Crippen LogP contribution in [0.5, 0.6) is 0 Å². The minimum atomic E-state index is -0.0715. The molecule has 1 aromatic carbocycles. The summed E-state index contributed by atoms with van der Waals surface area (Å²) >= 11 is 3.51. The number of aryl methyl sites for hydroxylation is 1. The second-order valence-corrected chi connectivity index (χ2v) is 6.39. The molecular formula is C16H17BrN4O. The van der Waals surface area contributed by atoms with E-state index in [9.17, 15) is 4.79 Å². The summed E-state index contributed by atoms with van der Waals surface area (Å²) in [5.74, 6) is 0.735. The molecule has 1 aromatic heterocycles. The van der Waals surface area contributed by atoms with E-state index in [1.807, 2.05) is 18.2 Å². The molecule has 1 heterocycles. The molecule has 0 atom stereocenters. The van der Waals surface area contributed by atoms with Gasteiger partial charge in [-0.3, -0.25) is 4.79 Å². The molecule has 0 spiro atoms. The Labute approximate surface area is 137 Å². The van der Waals surface area contributed by atoms with Gasteiger partial charge in [0.2, 0.25) is 0 Å². The number of anilines is 1. The van der Waals surface area contributed by atoms with Crippen LogP contribution >= 0.6 is 15.9 Å². The zero-order valence-electron chi connectivity index (χ0n) is 12.3. The fraction of sp³-hybridized carbons (Fsp3) is 0.312. The monoisotopic (exact) mass is 360 g/mol. The molecule has 5 nitrogen and oxygen atoms in total. The maximum Gasteiger partial charge on any atom is 0.258 e. The van der Waals surface area contributed by atoms with Crippen LogP contribution in [0.25, 0.3) is 11.1 Å². The maximum atomic E-state index is 12.3. The zero-order chi connectivity index (χ0) is 15.7. The Morgan fingerprint density at radius 1 is 1.36 bits per heavy atom. The van der Waals surface area contributed by atoms with E-state index in [2.05, 4.69) is 26.4 Å². The number of pyridine rings is 1. The van der Waals surface area contributed by atoms with Crippen molar-refractivity contribution >= 4 is 27.3 Å². The topological polar surface area (TPSA) is 70.2 Å². The van der Waals surface area contributed by atoms with Crippen molar-refractivity contribution in [2.75, 3.05) is 11.9 Å². The van der Waals surface area contributed by atoms with Crippen molar-refractivity contribution in [2.24, 2.45) is 18.1 Å². The van der Waals surface area contributed by atoms with Crippen LogP contribution in [0.1, 0.15) is 12.8 Å². The minimum absolute atomic E-state index is 0.0715. The van der Waals surface area contributed by atoms with Crippen LogP contribution in [0, 0.1) is 11.4 Å². The lowest BCUT2D eigenvalue weighted by Crippen LogP contribution is -2.17. The Hall–Kier alpha value is -1.95. The highest BCUT2D eigenvalue weighted by atomic mass is 79.9. The number of aromatic nitrogens is 1. The highest BCUT2D eigenvalue weighted by Gasteiger charge is 2.22. The summed E-state index contributed by atoms with van der Waals surface area (Å²) in [6, 6.07) is 7.40. The highest BCUT2D eigenvalue weighted by Crippen LogP contribution is 2.40. The fourth-order valence-electron chi connectivity index (χ4n) is 2.40. The van der Waals surface area contributed by atoms with E-state index in [1.165, 1.54) is 12.8 Å². The van der Waals surface area contributed by atoms with Gasteiger partial charge in [-0.1, -0.05) is 6.07 Å². The van der Waals surface area contributed by atoms with Crippen molar-refractivity contribution in [3.05, 3.63) is 45.3 Å². The molecule has 0 bridgehead atoms. The Morgan fingerprint density at radius 3 is 2.82 bits per heavy atom. The third-order valence-electron chi connectivity index (χ3n) is 3.92. The van der Waals surface area contributed by atoms with Gasteiger partial charge < -0.3 is 9.88 Å². The van der Waals surface area contributed by atoms with Crippen LogP contribution in [-0.4, -0.2) is 11.1 Å². The van der Waals surface area contributed by atoms with E-state index in [-0.39, 0.29) is 5.56 Å². The lowest BCUT2D eigenvalue weighted by Gasteiger charge is -2.13. The molecule has 22 heavy (non-hydrogen) atoms. The lowest BCUT2D eigenvalue weighted by molar-refractivity contribution is 0.863. The normalized spacial score (nSPS) is 13.9. The van der Waals surface area contributed by atoms with Crippen LogP contribution in [0.2, 0.25) is 0 Å². The first-order chi connectivity index (χ1) is 10.6. The Bertz CT molecular complexity index is 780. The number of hydrogen-bond donors (Lipinski definition) is 2. The second-order valence-electron chi connectivity index (χ2n) is 5.60. The number of hydrogen-bond acceptors (Lipinski definition) is 4. The number of halogens is 1. The van der Waals surface area contributed by atoms with E-state index in [0.29, 0.717) is 15.7 Å². The van der Waals surface area contributed by atoms with Gasteiger partial charge in [-0.2, -0.15) is 5.11 Å². The smallest absolute Gasteiger partial charge is 0.258 e. The molecule has 1 aliphatic rings. The molecular weight excluding hydrogens is 344 g/mol. The summed E-state index contributed by atoms with van der Waals surface area (Å²) in [5, 5.41) is 6.98.